The van der Waals surface area contributed by atoms with E-state index in [4.69, 9.17) is 5.73 Å². The Kier molecular flexibility index (Phi) is 3.16. The van der Waals surface area contributed by atoms with E-state index in [0.29, 0.717) is 12.6 Å². The number of rotatable bonds is 2. The molecule has 1 saturated heterocycles. The van der Waals surface area contributed by atoms with Crippen molar-refractivity contribution in [2.75, 3.05) is 13.2 Å². The molecule has 4 heteroatoms. The van der Waals surface area contributed by atoms with Gasteiger partial charge in [0, 0.05) is 6.04 Å². The number of carbonyl (C=O) groups is 1. The number of nitrogens with one attached hydrogen (secondary N) is 1. The van der Waals surface area contributed by atoms with Crippen LogP contribution in [0.3, 0.4) is 0 Å². The Morgan fingerprint density at radius 3 is 3.00 bits per heavy atom. The van der Waals surface area contributed by atoms with Crippen LogP contribution in [0.4, 0.5) is 4.79 Å². The summed E-state index contributed by atoms with van der Waals surface area (Å²) in [6, 6.07) is 0.316. The van der Waals surface area contributed by atoms with Gasteiger partial charge in [0.05, 0.1) is 0 Å². The maximum Gasteiger partial charge on any atom is 0.404 e. The summed E-state index contributed by atoms with van der Waals surface area (Å²) in [6.07, 6.45) is 2.82. The van der Waals surface area contributed by atoms with Crippen molar-refractivity contribution in [1.29, 1.82) is 0 Å². The summed E-state index contributed by atoms with van der Waals surface area (Å²) >= 11 is 0. The first kappa shape index (κ1) is 8.33. The van der Waals surface area contributed by atoms with Crippen molar-refractivity contribution >= 4 is 6.09 Å². The van der Waals surface area contributed by atoms with Crippen molar-refractivity contribution in [3.05, 3.63) is 0 Å². The minimum absolute atomic E-state index is 0.316. The smallest absolute Gasteiger partial charge is 0.404 e. The van der Waals surface area contributed by atoms with E-state index in [1.54, 1.807) is 0 Å². The Morgan fingerprint density at radius 1 is 1.64 bits per heavy atom. The van der Waals surface area contributed by atoms with Crippen molar-refractivity contribution in [2.45, 2.75) is 25.3 Å². The van der Waals surface area contributed by atoms with Crippen molar-refractivity contribution in [3.63, 3.8) is 0 Å². The molecule has 64 valence electrons. The van der Waals surface area contributed by atoms with Crippen LogP contribution in [0.15, 0.2) is 0 Å². The average Bonchev–Trinajstić information content (AvgIpc) is 2.03. The zero-order valence-corrected chi connectivity index (χ0v) is 6.51. The molecule has 0 aromatic rings. The van der Waals surface area contributed by atoms with E-state index in [-0.39, 0.29) is 0 Å². The van der Waals surface area contributed by atoms with Gasteiger partial charge in [-0.2, -0.15) is 0 Å². The van der Waals surface area contributed by atoms with Crippen LogP contribution in [0.1, 0.15) is 19.3 Å². The largest absolute Gasteiger partial charge is 0.448 e. The number of amides is 1. The highest BCUT2D eigenvalue weighted by Crippen LogP contribution is 2.06. The summed E-state index contributed by atoms with van der Waals surface area (Å²) < 4.78 is 4.66. The number of nitrogens with two attached hydrogens (primary N) is 1. The second-order valence-electron chi connectivity index (χ2n) is 2.78. The van der Waals surface area contributed by atoms with Crippen molar-refractivity contribution in [1.82, 2.24) is 5.32 Å². The summed E-state index contributed by atoms with van der Waals surface area (Å²) in [7, 11) is 0. The molecular weight excluding hydrogens is 144 g/mol. The van der Waals surface area contributed by atoms with E-state index in [0.717, 1.165) is 13.0 Å². The molecule has 0 aromatic carbocycles. The predicted molar refractivity (Wildman–Crippen MR) is 41.2 cm³/mol. The highest BCUT2D eigenvalue weighted by Gasteiger charge is 2.13. The normalized spacial score (nSPS) is 24.5. The first-order valence-electron chi connectivity index (χ1n) is 3.94. The summed E-state index contributed by atoms with van der Waals surface area (Å²) in [4.78, 5) is 10.2. The fourth-order valence-corrected chi connectivity index (χ4v) is 1.25. The summed E-state index contributed by atoms with van der Waals surface area (Å²) in [5, 5.41) is 3.24. The van der Waals surface area contributed by atoms with Crippen LogP contribution in [0, 0.1) is 0 Å². The molecule has 1 atom stereocenters. The number of ether oxygens (including phenoxy) is 1. The zero-order chi connectivity index (χ0) is 8.10. The first-order valence-corrected chi connectivity index (χ1v) is 3.94. The van der Waals surface area contributed by atoms with Gasteiger partial charge in [-0.05, 0) is 19.4 Å². The standard InChI is InChI=1S/C7H14N2O2/c8-7(10)11-5-6-3-1-2-4-9-6/h6,9H,1-5H2,(H2,8,10)/t6-/m0/s1. The van der Waals surface area contributed by atoms with Gasteiger partial charge in [0.25, 0.3) is 0 Å². The number of hydrogen-bond donors (Lipinski definition) is 2. The molecule has 1 aliphatic rings. The van der Waals surface area contributed by atoms with Gasteiger partial charge in [0.1, 0.15) is 6.61 Å². The van der Waals surface area contributed by atoms with Crippen LogP contribution in [-0.4, -0.2) is 25.3 Å². The summed E-state index contributed by atoms with van der Waals surface area (Å²) in [5.41, 5.74) is 4.82. The molecule has 0 bridgehead atoms. The van der Waals surface area contributed by atoms with Gasteiger partial charge >= 0.3 is 6.09 Å². The Bertz CT molecular complexity index is 132. The average molecular weight is 158 g/mol. The quantitative estimate of drug-likeness (QED) is 0.604. The molecule has 0 saturated carbocycles. The van der Waals surface area contributed by atoms with Gasteiger partial charge in [0.15, 0.2) is 0 Å². The lowest BCUT2D eigenvalue weighted by Crippen LogP contribution is -2.38. The second-order valence-corrected chi connectivity index (χ2v) is 2.78. The van der Waals surface area contributed by atoms with Crippen LogP contribution in [0.2, 0.25) is 0 Å². The lowest BCUT2D eigenvalue weighted by molar-refractivity contribution is 0.137. The molecule has 11 heavy (non-hydrogen) atoms. The molecule has 0 spiro atoms. The topological polar surface area (TPSA) is 64.4 Å². The molecule has 1 rings (SSSR count). The lowest BCUT2D eigenvalue weighted by atomic mass is 10.1. The molecular formula is C7H14N2O2. The maximum absolute atomic E-state index is 10.2. The first-order chi connectivity index (χ1) is 5.29. The van der Waals surface area contributed by atoms with Gasteiger partial charge in [0.2, 0.25) is 0 Å². The highest BCUT2D eigenvalue weighted by molar-refractivity contribution is 5.64. The molecule has 4 nitrogen and oxygen atoms in total. The fourth-order valence-electron chi connectivity index (χ4n) is 1.25. The zero-order valence-electron chi connectivity index (χ0n) is 6.51. The number of piperidine rings is 1. The van der Waals surface area contributed by atoms with E-state index in [1.807, 2.05) is 0 Å². The third-order valence-corrected chi connectivity index (χ3v) is 1.84. The van der Waals surface area contributed by atoms with E-state index in [2.05, 4.69) is 10.1 Å². The molecule has 0 radical (unpaired) electrons. The summed E-state index contributed by atoms with van der Waals surface area (Å²) in [6.45, 7) is 1.43. The molecule has 0 unspecified atom stereocenters. The van der Waals surface area contributed by atoms with Gasteiger partial charge in [-0.25, -0.2) is 4.79 Å². The molecule has 3 N–H and O–H groups in total. The summed E-state index contributed by atoms with van der Waals surface area (Å²) in [5.74, 6) is 0. The van der Waals surface area contributed by atoms with Crippen LogP contribution < -0.4 is 11.1 Å². The Hall–Kier alpha value is -0.770. The highest BCUT2D eigenvalue weighted by atomic mass is 16.5. The van der Waals surface area contributed by atoms with Crippen LogP contribution in [-0.2, 0) is 4.74 Å². The fraction of sp³-hybridized carbons (Fsp3) is 0.857. The number of hydrogen-bond acceptors (Lipinski definition) is 3. The SMILES string of the molecule is NC(=O)OC[C@@H]1CCCCN1. The van der Waals surface area contributed by atoms with E-state index in [9.17, 15) is 4.79 Å². The van der Waals surface area contributed by atoms with Crippen LogP contribution in [0.25, 0.3) is 0 Å². The molecule has 1 heterocycles. The number of primary amides is 1. The Morgan fingerprint density at radius 2 is 2.45 bits per heavy atom. The Labute approximate surface area is 66.1 Å². The van der Waals surface area contributed by atoms with Crippen LogP contribution >= 0.6 is 0 Å². The van der Waals surface area contributed by atoms with Gasteiger partial charge in [-0.3, -0.25) is 0 Å². The molecule has 0 aliphatic carbocycles. The van der Waals surface area contributed by atoms with E-state index < -0.39 is 6.09 Å². The lowest BCUT2D eigenvalue weighted by Gasteiger charge is -2.22. The van der Waals surface area contributed by atoms with Crippen molar-refractivity contribution in [2.24, 2.45) is 5.73 Å². The third kappa shape index (κ3) is 3.23. The molecule has 1 amide bonds. The minimum atomic E-state index is -0.683. The van der Waals surface area contributed by atoms with Crippen LogP contribution in [0.5, 0.6) is 0 Å². The predicted octanol–water partition coefficient (Wildman–Crippen LogP) is 0.224. The molecule has 1 fully saturated rings. The third-order valence-electron chi connectivity index (χ3n) is 1.84. The maximum atomic E-state index is 10.2. The van der Waals surface area contributed by atoms with E-state index in [1.165, 1.54) is 12.8 Å². The Balaban J connectivity index is 2.09. The monoisotopic (exact) mass is 158 g/mol. The van der Waals surface area contributed by atoms with Crippen molar-refractivity contribution < 1.29 is 9.53 Å². The van der Waals surface area contributed by atoms with Gasteiger partial charge < -0.3 is 15.8 Å². The number of carbonyl (C=O) groups excluding carboxylic acids is 1. The minimum Gasteiger partial charge on any atom is -0.448 e. The van der Waals surface area contributed by atoms with Gasteiger partial charge in [-0.1, -0.05) is 6.42 Å². The van der Waals surface area contributed by atoms with Gasteiger partial charge in [-0.15, -0.1) is 0 Å². The molecule has 0 aromatic heterocycles. The van der Waals surface area contributed by atoms with Crippen molar-refractivity contribution in [3.8, 4) is 0 Å². The van der Waals surface area contributed by atoms with E-state index >= 15 is 0 Å². The molecule has 1 aliphatic heterocycles. The second kappa shape index (κ2) is 4.18.